The van der Waals surface area contributed by atoms with Crippen molar-refractivity contribution < 1.29 is 4.39 Å². The van der Waals surface area contributed by atoms with Gasteiger partial charge in [-0.1, -0.05) is 6.07 Å². The van der Waals surface area contributed by atoms with Crippen LogP contribution in [0, 0.1) is 17.1 Å². The number of nitrogens with zero attached hydrogens (tertiary/aromatic N) is 4. The van der Waals surface area contributed by atoms with Gasteiger partial charge in [-0.2, -0.15) is 5.26 Å². The average Bonchev–Trinajstić information content (AvgIpc) is 2.58. The molecule has 0 aliphatic carbocycles. The summed E-state index contributed by atoms with van der Waals surface area (Å²) in [5.41, 5.74) is 6.71. The first-order valence-electron chi connectivity index (χ1n) is 7.78. The van der Waals surface area contributed by atoms with E-state index in [4.69, 9.17) is 11.0 Å². The largest absolute Gasteiger partial charge is 0.352 e. The smallest absolute Gasteiger partial charge is 0.293 e. The fraction of sp³-hybridized carbons (Fsp3) is 0.353. The molecule has 7 heteroatoms. The highest BCUT2D eigenvalue weighted by atomic mass is 19.1. The summed E-state index contributed by atoms with van der Waals surface area (Å²) in [7, 11) is 1.65. The number of aryl methyl sites for hydroxylation is 1. The van der Waals surface area contributed by atoms with E-state index in [1.54, 1.807) is 25.4 Å². The van der Waals surface area contributed by atoms with Crippen LogP contribution in [0.3, 0.4) is 0 Å². The Labute approximate surface area is 139 Å². The summed E-state index contributed by atoms with van der Waals surface area (Å²) in [6.45, 7) is 1.35. The predicted molar refractivity (Wildman–Crippen MR) is 89.0 cm³/mol. The molecule has 0 radical (unpaired) electrons. The van der Waals surface area contributed by atoms with Crippen LogP contribution in [0.15, 0.2) is 29.2 Å². The Balaban J connectivity index is 2.03. The van der Waals surface area contributed by atoms with E-state index in [-0.39, 0.29) is 17.2 Å². The normalized spacial score (nSPS) is 15.3. The summed E-state index contributed by atoms with van der Waals surface area (Å²) in [5, 5.41) is 8.83. The monoisotopic (exact) mass is 327 g/mol. The van der Waals surface area contributed by atoms with Gasteiger partial charge in [0, 0.05) is 37.9 Å². The molecule has 24 heavy (non-hydrogen) atoms. The molecule has 0 spiro atoms. The molecular formula is C17H18FN5O. The van der Waals surface area contributed by atoms with Gasteiger partial charge in [0.15, 0.2) is 5.82 Å². The van der Waals surface area contributed by atoms with E-state index in [1.807, 2.05) is 4.90 Å². The van der Waals surface area contributed by atoms with E-state index in [2.05, 4.69) is 4.98 Å². The maximum Gasteiger partial charge on any atom is 0.293 e. The minimum absolute atomic E-state index is 0.0196. The summed E-state index contributed by atoms with van der Waals surface area (Å²) in [4.78, 5) is 18.8. The molecule has 3 rings (SSSR count). The highest BCUT2D eigenvalue weighted by Gasteiger charge is 2.21. The molecule has 2 aromatic rings. The SMILES string of the molecule is Cn1cc(-c2ccc(C#N)c(F)c2)nc(N2CCC(N)CC2)c1=O. The van der Waals surface area contributed by atoms with Gasteiger partial charge in [-0.25, -0.2) is 9.37 Å². The fourth-order valence-electron chi connectivity index (χ4n) is 2.81. The zero-order chi connectivity index (χ0) is 17.3. The molecule has 124 valence electrons. The van der Waals surface area contributed by atoms with Crippen LogP contribution in [0.25, 0.3) is 11.3 Å². The maximum atomic E-state index is 13.9. The number of benzene rings is 1. The van der Waals surface area contributed by atoms with Crippen molar-refractivity contribution in [3.63, 3.8) is 0 Å². The summed E-state index contributed by atoms with van der Waals surface area (Å²) >= 11 is 0. The number of halogens is 1. The molecule has 1 aliphatic heterocycles. The zero-order valence-electron chi connectivity index (χ0n) is 13.4. The summed E-state index contributed by atoms with van der Waals surface area (Å²) in [6, 6.07) is 6.25. The third-order valence-corrected chi connectivity index (χ3v) is 4.28. The number of aromatic nitrogens is 2. The van der Waals surface area contributed by atoms with Crippen LogP contribution < -0.4 is 16.2 Å². The Morgan fingerprint density at radius 1 is 1.38 bits per heavy atom. The standard InChI is InChI=1S/C17H18FN5O/c1-22-10-15(11-2-3-12(9-19)14(18)8-11)21-16(17(22)24)23-6-4-13(20)5-7-23/h2-3,8,10,13H,4-7,20H2,1H3. The van der Waals surface area contributed by atoms with Gasteiger partial charge in [-0.15, -0.1) is 0 Å². The van der Waals surface area contributed by atoms with Crippen LogP contribution in [0.1, 0.15) is 18.4 Å². The van der Waals surface area contributed by atoms with Crippen LogP contribution in [-0.2, 0) is 7.05 Å². The van der Waals surface area contributed by atoms with Crippen molar-refractivity contribution in [2.24, 2.45) is 12.8 Å². The zero-order valence-corrected chi connectivity index (χ0v) is 13.4. The van der Waals surface area contributed by atoms with Gasteiger partial charge >= 0.3 is 0 Å². The molecule has 1 fully saturated rings. The van der Waals surface area contributed by atoms with Gasteiger partial charge in [-0.05, 0) is 25.0 Å². The van der Waals surface area contributed by atoms with E-state index >= 15 is 0 Å². The number of anilines is 1. The minimum atomic E-state index is -0.601. The lowest BCUT2D eigenvalue weighted by Gasteiger charge is -2.30. The summed E-state index contributed by atoms with van der Waals surface area (Å²) in [6.07, 6.45) is 3.18. The Morgan fingerprint density at radius 2 is 2.08 bits per heavy atom. The minimum Gasteiger partial charge on any atom is -0.352 e. The van der Waals surface area contributed by atoms with Crippen LogP contribution in [0.4, 0.5) is 10.2 Å². The third-order valence-electron chi connectivity index (χ3n) is 4.28. The van der Waals surface area contributed by atoms with Gasteiger partial charge < -0.3 is 15.2 Å². The molecule has 0 amide bonds. The first-order chi connectivity index (χ1) is 11.5. The van der Waals surface area contributed by atoms with Gasteiger partial charge in [0.25, 0.3) is 5.56 Å². The highest BCUT2D eigenvalue weighted by molar-refractivity contribution is 5.61. The predicted octanol–water partition coefficient (Wildman–Crippen LogP) is 1.39. The molecule has 0 unspecified atom stereocenters. The molecule has 1 aromatic heterocycles. The van der Waals surface area contributed by atoms with Gasteiger partial charge in [-0.3, -0.25) is 4.79 Å². The average molecular weight is 327 g/mol. The molecule has 2 heterocycles. The van der Waals surface area contributed by atoms with Crippen LogP contribution in [0.2, 0.25) is 0 Å². The Hall–Kier alpha value is -2.72. The quantitative estimate of drug-likeness (QED) is 0.900. The number of nitrogens with two attached hydrogens (primary N) is 1. The van der Waals surface area contributed by atoms with Crippen molar-refractivity contribution in [3.05, 3.63) is 46.1 Å². The lowest BCUT2D eigenvalue weighted by molar-refractivity contribution is 0.496. The molecule has 1 aliphatic rings. The Bertz CT molecular complexity index is 862. The van der Waals surface area contributed by atoms with Crippen LogP contribution in [-0.4, -0.2) is 28.7 Å². The number of hydrogen-bond acceptors (Lipinski definition) is 5. The number of nitriles is 1. The van der Waals surface area contributed by atoms with E-state index < -0.39 is 5.82 Å². The second-order valence-corrected chi connectivity index (χ2v) is 6.00. The number of piperidine rings is 1. The maximum absolute atomic E-state index is 13.9. The first-order valence-corrected chi connectivity index (χ1v) is 7.78. The Kier molecular flexibility index (Phi) is 4.32. The lowest BCUT2D eigenvalue weighted by atomic mass is 10.1. The Morgan fingerprint density at radius 3 is 2.71 bits per heavy atom. The van der Waals surface area contributed by atoms with Gasteiger partial charge in [0.05, 0.1) is 11.3 Å². The van der Waals surface area contributed by atoms with Crippen molar-refractivity contribution in [2.45, 2.75) is 18.9 Å². The topological polar surface area (TPSA) is 87.9 Å². The molecule has 0 saturated carbocycles. The molecule has 0 atom stereocenters. The van der Waals surface area contributed by atoms with Crippen molar-refractivity contribution in [1.29, 1.82) is 5.26 Å². The van der Waals surface area contributed by atoms with Gasteiger partial charge in [0.1, 0.15) is 11.9 Å². The summed E-state index contributed by atoms with van der Waals surface area (Å²) in [5.74, 6) is -0.247. The molecule has 6 nitrogen and oxygen atoms in total. The lowest BCUT2D eigenvalue weighted by Crippen LogP contribution is -2.43. The van der Waals surface area contributed by atoms with Crippen LogP contribution in [0.5, 0.6) is 0 Å². The number of rotatable bonds is 2. The van der Waals surface area contributed by atoms with Crippen molar-refractivity contribution in [3.8, 4) is 17.3 Å². The molecule has 1 saturated heterocycles. The second kappa shape index (κ2) is 6.42. The van der Waals surface area contributed by atoms with E-state index in [0.29, 0.717) is 30.2 Å². The fourth-order valence-corrected chi connectivity index (χ4v) is 2.81. The molecule has 1 aromatic carbocycles. The molecule has 0 bridgehead atoms. The van der Waals surface area contributed by atoms with E-state index in [0.717, 1.165) is 12.8 Å². The number of hydrogen-bond donors (Lipinski definition) is 1. The van der Waals surface area contributed by atoms with Crippen molar-refractivity contribution in [1.82, 2.24) is 9.55 Å². The van der Waals surface area contributed by atoms with Crippen molar-refractivity contribution >= 4 is 5.82 Å². The van der Waals surface area contributed by atoms with Crippen LogP contribution >= 0.6 is 0 Å². The highest BCUT2D eigenvalue weighted by Crippen LogP contribution is 2.22. The molecular weight excluding hydrogens is 309 g/mol. The molecule has 2 N–H and O–H groups in total. The first kappa shape index (κ1) is 16.1. The van der Waals surface area contributed by atoms with E-state index in [9.17, 15) is 9.18 Å². The van der Waals surface area contributed by atoms with Gasteiger partial charge in [0.2, 0.25) is 0 Å². The summed E-state index contributed by atoms with van der Waals surface area (Å²) < 4.78 is 15.3. The third kappa shape index (κ3) is 3.01. The van der Waals surface area contributed by atoms with E-state index in [1.165, 1.54) is 16.7 Å². The second-order valence-electron chi connectivity index (χ2n) is 6.00. The van der Waals surface area contributed by atoms with Crippen molar-refractivity contribution in [2.75, 3.05) is 18.0 Å².